The third-order valence-corrected chi connectivity index (χ3v) is 4.76. The Balaban J connectivity index is 1.95. The predicted molar refractivity (Wildman–Crippen MR) is 69.4 cm³/mol. The summed E-state index contributed by atoms with van der Waals surface area (Å²) in [5.41, 5.74) is 6.79. The summed E-state index contributed by atoms with van der Waals surface area (Å²) in [5, 5.41) is 0. The minimum Gasteiger partial charge on any atom is -0.326 e. The minimum absolute atomic E-state index is 0.354. The molecular weight excluding hydrogens is 196 g/mol. The molecule has 2 fully saturated rings. The highest BCUT2D eigenvalue weighted by atomic mass is 15.2. The van der Waals surface area contributed by atoms with E-state index >= 15 is 0 Å². The van der Waals surface area contributed by atoms with Gasteiger partial charge in [-0.1, -0.05) is 33.1 Å². The Morgan fingerprint density at radius 1 is 1.00 bits per heavy atom. The van der Waals surface area contributed by atoms with Crippen LogP contribution in [0.4, 0.5) is 0 Å². The molecule has 0 amide bonds. The Morgan fingerprint density at radius 3 is 2.06 bits per heavy atom. The van der Waals surface area contributed by atoms with E-state index in [0.717, 1.165) is 0 Å². The van der Waals surface area contributed by atoms with E-state index in [1.807, 2.05) is 0 Å². The van der Waals surface area contributed by atoms with Gasteiger partial charge in [-0.2, -0.15) is 0 Å². The van der Waals surface area contributed by atoms with Gasteiger partial charge in [0.1, 0.15) is 0 Å². The molecule has 0 radical (unpaired) electrons. The number of likely N-dealkylation sites (tertiary alicyclic amines) is 1. The highest BCUT2D eigenvalue weighted by Crippen LogP contribution is 2.38. The number of rotatable bonds is 1. The molecule has 94 valence electrons. The van der Waals surface area contributed by atoms with E-state index in [4.69, 9.17) is 5.73 Å². The molecule has 1 saturated carbocycles. The van der Waals surface area contributed by atoms with Crippen LogP contribution in [0.25, 0.3) is 0 Å². The summed E-state index contributed by atoms with van der Waals surface area (Å²) in [5.74, 6) is 0. The van der Waals surface area contributed by atoms with Gasteiger partial charge in [-0.3, -0.25) is 4.90 Å². The lowest BCUT2D eigenvalue weighted by Gasteiger charge is -2.36. The number of nitrogens with zero attached hydrogens (tertiary/aromatic N) is 1. The van der Waals surface area contributed by atoms with E-state index in [0.29, 0.717) is 17.5 Å². The molecule has 2 rings (SSSR count). The van der Waals surface area contributed by atoms with Gasteiger partial charge in [0.15, 0.2) is 0 Å². The molecule has 0 aromatic carbocycles. The van der Waals surface area contributed by atoms with E-state index in [2.05, 4.69) is 18.7 Å². The van der Waals surface area contributed by atoms with Gasteiger partial charge < -0.3 is 5.73 Å². The van der Waals surface area contributed by atoms with Crippen LogP contribution in [-0.2, 0) is 0 Å². The fourth-order valence-electron chi connectivity index (χ4n) is 3.40. The molecule has 2 nitrogen and oxygen atoms in total. The zero-order chi connectivity index (χ0) is 11.6. The SMILES string of the molecule is CC1(C)CCC(N2CCCCCCC2)C1N. The maximum Gasteiger partial charge on any atom is 0.0252 e. The smallest absolute Gasteiger partial charge is 0.0252 e. The first kappa shape index (κ1) is 12.4. The van der Waals surface area contributed by atoms with Gasteiger partial charge in [0.25, 0.3) is 0 Å². The van der Waals surface area contributed by atoms with Crippen LogP contribution in [-0.4, -0.2) is 30.1 Å². The second kappa shape index (κ2) is 5.05. The molecular formula is C14H28N2. The molecule has 1 heterocycles. The second-order valence-electron chi connectivity index (χ2n) is 6.42. The van der Waals surface area contributed by atoms with Gasteiger partial charge in [0.05, 0.1) is 0 Å². The molecule has 0 aromatic rings. The van der Waals surface area contributed by atoms with E-state index < -0.39 is 0 Å². The Kier molecular flexibility index (Phi) is 3.91. The van der Waals surface area contributed by atoms with Crippen molar-refractivity contribution >= 4 is 0 Å². The van der Waals surface area contributed by atoms with Crippen molar-refractivity contribution in [2.24, 2.45) is 11.1 Å². The van der Waals surface area contributed by atoms with Crippen molar-refractivity contribution in [3.05, 3.63) is 0 Å². The van der Waals surface area contributed by atoms with Gasteiger partial charge >= 0.3 is 0 Å². The van der Waals surface area contributed by atoms with Crippen LogP contribution in [0, 0.1) is 5.41 Å². The summed E-state index contributed by atoms with van der Waals surface area (Å²) in [6.45, 7) is 7.24. The average Bonchev–Trinajstić information content (AvgIpc) is 2.43. The molecule has 1 saturated heterocycles. The molecule has 0 aromatic heterocycles. The molecule has 2 heteroatoms. The van der Waals surface area contributed by atoms with Crippen LogP contribution in [0.3, 0.4) is 0 Å². The van der Waals surface area contributed by atoms with E-state index in [9.17, 15) is 0 Å². The lowest BCUT2D eigenvalue weighted by Crippen LogP contribution is -2.50. The number of nitrogens with two attached hydrogens (primary N) is 1. The summed E-state index contributed by atoms with van der Waals surface area (Å²) in [6, 6.07) is 1.04. The first-order valence-corrected chi connectivity index (χ1v) is 7.11. The first-order valence-electron chi connectivity index (χ1n) is 7.11. The van der Waals surface area contributed by atoms with Gasteiger partial charge in [-0.15, -0.1) is 0 Å². The third-order valence-electron chi connectivity index (χ3n) is 4.76. The van der Waals surface area contributed by atoms with E-state index in [1.54, 1.807) is 0 Å². The minimum atomic E-state index is 0.354. The van der Waals surface area contributed by atoms with Gasteiger partial charge in [-0.25, -0.2) is 0 Å². The molecule has 0 spiro atoms. The quantitative estimate of drug-likeness (QED) is 0.742. The molecule has 2 unspecified atom stereocenters. The van der Waals surface area contributed by atoms with Crippen molar-refractivity contribution < 1.29 is 0 Å². The van der Waals surface area contributed by atoms with Gasteiger partial charge in [0, 0.05) is 12.1 Å². The fourth-order valence-corrected chi connectivity index (χ4v) is 3.40. The van der Waals surface area contributed by atoms with E-state index in [-0.39, 0.29) is 0 Å². The first-order chi connectivity index (χ1) is 7.61. The number of hydrogen-bond donors (Lipinski definition) is 1. The zero-order valence-electron chi connectivity index (χ0n) is 11.0. The normalized spacial score (nSPS) is 36.9. The third kappa shape index (κ3) is 2.60. The molecule has 16 heavy (non-hydrogen) atoms. The van der Waals surface area contributed by atoms with Crippen molar-refractivity contribution in [3.63, 3.8) is 0 Å². The Hall–Kier alpha value is -0.0800. The fraction of sp³-hybridized carbons (Fsp3) is 1.00. The van der Waals surface area contributed by atoms with Gasteiger partial charge in [0.2, 0.25) is 0 Å². The summed E-state index contributed by atoms with van der Waals surface area (Å²) < 4.78 is 0. The molecule has 1 aliphatic carbocycles. The summed E-state index contributed by atoms with van der Waals surface area (Å²) in [4.78, 5) is 2.69. The Morgan fingerprint density at radius 2 is 1.56 bits per heavy atom. The highest BCUT2D eigenvalue weighted by Gasteiger charge is 2.41. The molecule has 2 aliphatic rings. The Labute approximate surface area is 101 Å². The van der Waals surface area contributed by atoms with Crippen LogP contribution in [0.1, 0.15) is 58.8 Å². The van der Waals surface area contributed by atoms with Crippen LogP contribution in [0.15, 0.2) is 0 Å². The topological polar surface area (TPSA) is 29.3 Å². The lowest BCUT2D eigenvalue weighted by molar-refractivity contribution is 0.151. The summed E-state index contributed by atoms with van der Waals surface area (Å²) >= 11 is 0. The van der Waals surface area contributed by atoms with Gasteiger partial charge in [-0.05, 0) is 44.2 Å². The van der Waals surface area contributed by atoms with Crippen molar-refractivity contribution in [2.75, 3.05) is 13.1 Å². The molecule has 2 N–H and O–H groups in total. The Bertz CT molecular complexity index is 217. The van der Waals surface area contributed by atoms with Crippen LogP contribution >= 0.6 is 0 Å². The highest BCUT2D eigenvalue weighted by molar-refractivity contribution is 4.99. The molecule has 1 aliphatic heterocycles. The van der Waals surface area contributed by atoms with Crippen molar-refractivity contribution in [1.82, 2.24) is 4.90 Å². The molecule has 0 bridgehead atoms. The van der Waals surface area contributed by atoms with Crippen molar-refractivity contribution in [1.29, 1.82) is 0 Å². The maximum absolute atomic E-state index is 6.44. The largest absolute Gasteiger partial charge is 0.326 e. The van der Waals surface area contributed by atoms with Crippen molar-refractivity contribution in [3.8, 4) is 0 Å². The zero-order valence-corrected chi connectivity index (χ0v) is 11.0. The second-order valence-corrected chi connectivity index (χ2v) is 6.42. The van der Waals surface area contributed by atoms with Crippen LogP contribution in [0.5, 0.6) is 0 Å². The summed E-state index contributed by atoms with van der Waals surface area (Å²) in [6.07, 6.45) is 9.65. The average molecular weight is 224 g/mol. The van der Waals surface area contributed by atoms with Crippen LogP contribution in [0.2, 0.25) is 0 Å². The van der Waals surface area contributed by atoms with Crippen molar-refractivity contribution in [2.45, 2.75) is 70.9 Å². The lowest BCUT2D eigenvalue weighted by atomic mass is 9.87. The monoisotopic (exact) mass is 224 g/mol. The standard InChI is InChI=1S/C14H28N2/c1-14(2)9-8-12(13(14)15)16-10-6-4-3-5-7-11-16/h12-13H,3-11,15H2,1-2H3. The predicted octanol–water partition coefficient (Wildman–Crippen LogP) is 2.77. The maximum atomic E-state index is 6.44. The van der Waals surface area contributed by atoms with E-state index in [1.165, 1.54) is 58.0 Å². The molecule has 2 atom stereocenters. The number of hydrogen-bond acceptors (Lipinski definition) is 2. The summed E-state index contributed by atoms with van der Waals surface area (Å²) in [7, 11) is 0. The van der Waals surface area contributed by atoms with Crippen LogP contribution < -0.4 is 5.73 Å².